The summed E-state index contributed by atoms with van der Waals surface area (Å²) >= 11 is 0. The average molecular weight is 229 g/mol. The van der Waals surface area contributed by atoms with Crippen LogP contribution >= 0.6 is 0 Å². The van der Waals surface area contributed by atoms with E-state index in [-0.39, 0.29) is 0 Å². The quantitative estimate of drug-likeness (QED) is 0.815. The highest BCUT2D eigenvalue weighted by atomic mass is 19.1. The van der Waals surface area contributed by atoms with Gasteiger partial charge in [0.1, 0.15) is 23.7 Å². The molecule has 6 heteroatoms. The van der Waals surface area contributed by atoms with Gasteiger partial charge in [-0.05, 0) is 24.6 Å². The number of hydrogen-bond donors (Lipinski definition) is 2. The van der Waals surface area contributed by atoms with Crippen molar-refractivity contribution in [2.75, 3.05) is 6.54 Å². The summed E-state index contributed by atoms with van der Waals surface area (Å²) in [5.74, 6) is -4.40. The smallest absolute Gasteiger partial charge is 0.322 e. The summed E-state index contributed by atoms with van der Waals surface area (Å²) in [7, 11) is 0. The molecule has 0 atom stereocenters. The van der Waals surface area contributed by atoms with Crippen molar-refractivity contribution < 1.29 is 23.5 Å². The second-order valence-electron chi connectivity index (χ2n) is 3.18. The first-order valence-corrected chi connectivity index (χ1v) is 4.37. The third-order valence-corrected chi connectivity index (χ3v) is 1.81. The molecule has 0 aromatic heterocycles. The lowest BCUT2D eigenvalue weighted by Gasteiger charge is -2.05. The van der Waals surface area contributed by atoms with Crippen LogP contribution in [0.25, 0.3) is 0 Å². The molecule has 1 aromatic carbocycles. The summed E-state index contributed by atoms with van der Waals surface area (Å²) in [6.07, 6.45) is 0. The van der Waals surface area contributed by atoms with Crippen LogP contribution in [-0.2, 0) is 4.79 Å². The molecule has 86 valence electrons. The number of aliphatic carboxylic acids is 1. The number of amides is 1. The van der Waals surface area contributed by atoms with Crippen molar-refractivity contribution in [3.63, 3.8) is 0 Å². The summed E-state index contributed by atoms with van der Waals surface area (Å²) < 4.78 is 26.5. The number of carbonyl (C=O) groups excluding carboxylic acids is 1. The number of carboxylic acid groups (broad SMARTS) is 1. The molecular formula is C10H9F2NO3. The van der Waals surface area contributed by atoms with Gasteiger partial charge in [-0.2, -0.15) is 0 Å². The minimum atomic E-state index is -1.29. The molecule has 0 unspecified atom stereocenters. The summed E-state index contributed by atoms with van der Waals surface area (Å²) in [4.78, 5) is 21.4. The average Bonchev–Trinajstić information content (AvgIpc) is 2.12. The summed E-state index contributed by atoms with van der Waals surface area (Å²) in [5, 5.41) is 10.2. The van der Waals surface area contributed by atoms with Crippen molar-refractivity contribution >= 4 is 11.9 Å². The molecule has 4 nitrogen and oxygen atoms in total. The first-order valence-electron chi connectivity index (χ1n) is 4.37. The lowest BCUT2D eigenvalue weighted by atomic mass is 10.1. The Morgan fingerprint density at radius 2 is 1.81 bits per heavy atom. The zero-order chi connectivity index (χ0) is 12.3. The van der Waals surface area contributed by atoms with E-state index in [1.54, 1.807) is 0 Å². The van der Waals surface area contributed by atoms with Gasteiger partial charge in [0.2, 0.25) is 0 Å². The van der Waals surface area contributed by atoms with Crippen molar-refractivity contribution in [3.05, 3.63) is 34.9 Å². The number of nitrogens with one attached hydrogen (secondary N) is 1. The molecule has 1 rings (SSSR count). The molecule has 0 saturated carbocycles. The summed E-state index contributed by atoms with van der Waals surface area (Å²) in [6.45, 7) is 0.788. The predicted octanol–water partition coefficient (Wildman–Crippen LogP) is 1.09. The van der Waals surface area contributed by atoms with E-state index in [0.717, 1.165) is 12.1 Å². The molecule has 1 aromatic rings. The molecule has 2 N–H and O–H groups in total. The van der Waals surface area contributed by atoms with E-state index in [0.29, 0.717) is 5.56 Å². The highest BCUT2D eigenvalue weighted by Crippen LogP contribution is 2.14. The van der Waals surface area contributed by atoms with Crippen LogP contribution in [0.4, 0.5) is 8.78 Å². The van der Waals surface area contributed by atoms with Crippen molar-refractivity contribution in [1.29, 1.82) is 0 Å². The van der Waals surface area contributed by atoms with Gasteiger partial charge in [0.25, 0.3) is 5.91 Å². The van der Waals surface area contributed by atoms with Crippen LogP contribution in [0.1, 0.15) is 15.9 Å². The highest BCUT2D eigenvalue weighted by Gasteiger charge is 2.18. The Bertz CT molecular complexity index is 423. The fourth-order valence-corrected chi connectivity index (χ4v) is 1.16. The van der Waals surface area contributed by atoms with E-state index in [4.69, 9.17) is 5.11 Å². The maximum absolute atomic E-state index is 13.2. The van der Waals surface area contributed by atoms with Crippen LogP contribution in [0.15, 0.2) is 12.1 Å². The third-order valence-electron chi connectivity index (χ3n) is 1.81. The normalized spacial score (nSPS) is 9.94. The Morgan fingerprint density at radius 3 is 2.25 bits per heavy atom. The lowest BCUT2D eigenvalue weighted by molar-refractivity contribution is -0.135. The summed E-state index contributed by atoms with van der Waals surface area (Å²) in [6, 6.07) is 2.00. The van der Waals surface area contributed by atoms with E-state index in [1.807, 2.05) is 5.32 Å². The molecule has 0 saturated heterocycles. The van der Waals surface area contributed by atoms with Gasteiger partial charge in [0.05, 0.1) is 0 Å². The largest absolute Gasteiger partial charge is 0.480 e. The lowest BCUT2D eigenvalue weighted by Crippen LogP contribution is -2.30. The first-order chi connectivity index (χ1) is 7.41. The van der Waals surface area contributed by atoms with E-state index < -0.39 is 35.6 Å². The van der Waals surface area contributed by atoms with Crippen LogP contribution in [0.5, 0.6) is 0 Å². The molecule has 0 radical (unpaired) electrons. The first kappa shape index (κ1) is 12.1. The van der Waals surface area contributed by atoms with Gasteiger partial charge >= 0.3 is 5.97 Å². The molecule has 0 bridgehead atoms. The molecule has 0 aliphatic rings. The molecule has 0 spiro atoms. The van der Waals surface area contributed by atoms with Gasteiger partial charge < -0.3 is 10.4 Å². The van der Waals surface area contributed by atoms with E-state index in [2.05, 4.69) is 0 Å². The van der Waals surface area contributed by atoms with Gasteiger partial charge in [0.15, 0.2) is 0 Å². The second kappa shape index (κ2) is 4.69. The van der Waals surface area contributed by atoms with Crippen LogP contribution in [-0.4, -0.2) is 23.5 Å². The van der Waals surface area contributed by atoms with Gasteiger partial charge in [0, 0.05) is 0 Å². The molecule has 0 aliphatic carbocycles. The Labute approximate surface area is 89.9 Å². The number of halogens is 2. The highest BCUT2D eigenvalue weighted by molar-refractivity contribution is 5.96. The fraction of sp³-hybridized carbons (Fsp3) is 0.200. The SMILES string of the molecule is Cc1cc(F)c(C(=O)NCC(=O)O)c(F)c1. The predicted molar refractivity (Wildman–Crippen MR) is 51.1 cm³/mol. The van der Waals surface area contributed by atoms with Gasteiger partial charge in [-0.1, -0.05) is 0 Å². The number of aryl methyl sites for hydroxylation is 1. The Balaban J connectivity index is 2.95. The molecule has 0 fully saturated rings. The number of carboxylic acids is 1. The summed E-state index contributed by atoms with van der Waals surface area (Å²) in [5.41, 5.74) is -0.434. The maximum Gasteiger partial charge on any atom is 0.322 e. The third kappa shape index (κ3) is 2.75. The van der Waals surface area contributed by atoms with Crippen molar-refractivity contribution in [2.24, 2.45) is 0 Å². The van der Waals surface area contributed by atoms with Crippen LogP contribution in [0.2, 0.25) is 0 Å². The molecular weight excluding hydrogens is 220 g/mol. The molecule has 1 amide bonds. The molecule has 16 heavy (non-hydrogen) atoms. The Kier molecular flexibility index (Phi) is 3.55. The van der Waals surface area contributed by atoms with Crippen LogP contribution < -0.4 is 5.32 Å². The number of rotatable bonds is 3. The van der Waals surface area contributed by atoms with Gasteiger partial charge in [-0.3, -0.25) is 9.59 Å². The second-order valence-corrected chi connectivity index (χ2v) is 3.18. The maximum atomic E-state index is 13.2. The zero-order valence-corrected chi connectivity index (χ0v) is 8.38. The Morgan fingerprint density at radius 1 is 1.31 bits per heavy atom. The minimum absolute atomic E-state index is 0.338. The van der Waals surface area contributed by atoms with E-state index in [9.17, 15) is 18.4 Å². The van der Waals surface area contributed by atoms with Crippen LogP contribution in [0, 0.1) is 18.6 Å². The number of hydrogen-bond acceptors (Lipinski definition) is 2. The van der Waals surface area contributed by atoms with E-state index in [1.165, 1.54) is 6.92 Å². The van der Waals surface area contributed by atoms with Gasteiger partial charge in [-0.15, -0.1) is 0 Å². The fourth-order valence-electron chi connectivity index (χ4n) is 1.16. The van der Waals surface area contributed by atoms with Gasteiger partial charge in [-0.25, -0.2) is 8.78 Å². The number of carbonyl (C=O) groups is 2. The zero-order valence-electron chi connectivity index (χ0n) is 8.38. The van der Waals surface area contributed by atoms with Crippen LogP contribution in [0.3, 0.4) is 0 Å². The van der Waals surface area contributed by atoms with Crippen molar-refractivity contribution in [2.45, 2.75) is 6.92 Å². The molecule has 0 aliphatic heterocycles. The van der Waals surface area contributed by atoms with E-state index >= 15 is 0 Å². The molecule has 0 heterocycles. The standard InChI is InChI=1S/C10H9F2NO3/c1-5-2-6(11)9(7(12)3-5)10(16)13-4-8(14)15/h2-3H,4H2,1H3,(H,13,16)(H,14,15). The monoisotopic (exact) mass is 229 g/mol. The van der Waals surface area contributed by atoms with Crippen molar-refractivity contribution in [3.8, 4) is 0 Å². The topological polar surface area (TPSA) is 66.4 Å². The Hall–Kier alpha value is -1.98. The van der Waals surface area contributed by atoms with Crippen molar-refractivity contribution in [1.82, 2.24) is 5.32 Å². The minimum Gasteiger partial charge on any atom is -0.480 e. The number of benzene rings is 1.